The van der Waals surface area contributed by atoms with Crippen LogP contribution in [0.1, 0.15) is 17.4 Å². The van der Waals surface area contributed by atoms with Gasteiger partial charge in [-0.15, -0.1) is 0 Å². The van der Waals surface area contributed by atoms with Crippen LogP contribution in [0.3, 0.4) is 0 Å². The summed E-state index contributed by atoms with van der Waals surface area (Å²) in [5.41, 5.74) is 2.15. The lowest BCUT2D eigenvalue weighted by Gasteiger charge is -2.13. The fourth-order valence-electron chi connectivity index (χ4n) is 3.07. The van der Waals surface area contributed by atoms with Gasteiger partial charge in [0.2, 0.25) is 0 Å². The average Bonchev–Trinajstić information content (AvgIpc) is 2.79. The minimum atomic E-state index is -0.990. The summed E-state index contributed by atoms with van der Waals surface area (Å²) in [6.07, 6.45) is 3.83. The number of aliphatic hydroxyl groups excluding tert-OH is 1. The van der Waals surface area contributed by atoms with Crippen molar-refractivity contribution in [2.75, 3.05) is 17.7 Å². The highest BCUT2D eigenvalue weighted by Gasteiger charge is 2.17. The van der Waals surface area contributed by atoms with E-state index in [0.29, 0.717) is 33.8 Å². The van der Waals surface area contributed by atoms with Gasteiger partial charge in [0.05, 0.1) is 13.3 Å². The number of carbonyl (C=O) groups excluding carboxylic acids is 1. The van der Waals surface area contributed by atoms with E-state index in [1.165, 1.54) is 0 Å². The van der Waals surface area contributed by atoms with Crippen molar-refractivity contribution in [2.45, 2.75) is 6.10 Å². The molecule has 0 radical (unpaired) electrons. The van der Waals surface area contributed by atoms with Crippen molar-refractivity contribution in [1.82, 2.24) is 15.2 Å². The van der Waals surface area contributed by atoms with Crippen LogP contribution in [0, 0.1) is 0 Å². The highest BCUT2D eigenvalue weighted by Crippen LogP contribution is 2.28. The Labute approximate surface area is 172 Å². The predicted molar refractivity (Wildman–Crippen MR) is 113 cm³/mol. The van der Waals surface area contributed by atoms with Crippen LogP contribution in [0.15, 0.2) is 73.2 Å². The molecule has 150 valence electrons. The number of ether oxygens (including phenoxy) is 1. The van der Waals surface area contributed by atoms with Crippen molar-refractivity contribution in [2.24, 2.45) is 0 Å². The molecule has 2 aromatic carbocycles. The molecule has 0 spiro atoms. The largest absolute Gasteiger partial charge is 0.497 e. The normalized spacial score (nSPS) is 11.7. The topological polar surface area (TPSA) is 109 Å². The van der Waals surface area contributed by atoms with Crippen LogP contribution in [0.4, 0.5) is 16.2 Å². The van der Waals surface area contributed by atoms with Crippen LogP contribution in [0.25, 0.3) is 10.8 Å². The van der Waals surface area contributed by atoms with Gasteiger partial charge >= 0.3 is 6.03 Å². The molecule has 30 heavy (non-hydrogen) atoms. The lowest BCUT2D eigenvalue weighted by atomic mass is 10.0. The van der Waals surface area contributed by atoms with Gasteiger partial charge in [0.1, 0.15) is 17.5 Å². The van der Waals surface area contributed by atoms with Crippen molar-refractivity contribution >= 4 is 28.2 Å². The number of nitrogens with zero attached hydrogens (tertiary/aromatic N) is 3. The molecule has 0 saturated carbocycles. The summed E-state index contributed by atoms with van der Waals surface area (Å²) >= 11 is 0. The van der Waals surface area contributed by atoms with E-state index in [9.17, 15) is 9.90 Å². The highest BCUT2D eigenvalue weighted by molar-refractivity contribution is 6.01. The monoisotopic (exact) mass is 401 g/mol. The van der Waals surface area contributed by atoms with Crippen LogP contribution in [-0.2, 0) is 0 Å². The van der Waals surface area contributed by atoms with Crippen molar-refractivity contribution < 1.29 is 14.6 Å². The first-order valence-corrected chi connectivity index (χ1v) is 9.19. The second kappa shape index (κ2) is 8.54. The van der Waals surface area contributed by atoms with Crippen molar-refractivity contribution in [3.05, 3.63) is 84.4 Å². The number of methoxy groups -OCH3 is 1. The molecule has 0 saturated heterocycles. The first kappa shape index (κ1) is 19.3. The van der Waals surface area contributed by atoms with Crippen LogP contribution < -0.4 is 15.4 Å². The second-order valence-corrected chi connectivity index (χ2v) is 6.53. The highest BCUT2D eigenvalue weighted by atomic mass is 16.5. The van der Waals surface area contributed by atoms with Gasteiger partial charge in [-0.25, -0.2) is 4.79 Å². The van der Waals surface area contributed by atoms with E-state index in [1.807, 2.05) is 6.07 Å². The Morgan fingerprint density at radius 3 is 2.63 bits per heavy atom. The van der Waals surface area contributed by atoms with Crippen LogP contribution in [0.5, 0.6) is 5.75 Å². The molecule has 8 nitrogen and oxygen atoms in total. The Bertz CT molecular complexity index is 1180. The quantitative estimate of drug-likeness (QED) is 0.470. The van der Waals surface area contributed by atoms with E-state index < -0.39 is 12.1 Å². The molecular weight excluding hydrogens is 382 g/mol. The average molecular weight is 401 g/mol. The third kappa shape index (κ3) is 4.18. The van der Waals surface area contributed by atoms with Gasteiger partial charge in [-0.2, -0.15) is 10.2 Å². The van der Waals surface area contributed by atoms with Crippen LogP contribution in [-0.4, -0.2) is 33.4 Å². The number of urea groups is 1. The summed E-state index contributed by atoms with van der Waals surface area (Å²) in [6, 6.07) is 15.5. The molecule has 1 atom stereocenters. The zero-order valence-corrected chi connectivity index (χ0v) is 16.1. The number of carbonyl (C=O) groups is 1. The number of aromatic nitrogens is 3. The number of anilines is 2. The van der Waals surface area contributed by atoms with Crippen molar-refractivity contribution in [3.63, 3.8) is 0 Å². The smallest absolute Gasteiger partial charge is 0.323 e. The summed E-state index contributed by atoms with van der Waals surface area (Å²) in [4.78, 5) is 16.4. The molecule has 0 bridgehead atoms. The Morgan fingerprint density at radius 1 is 1.03 bits per heavy atom. The summed E-state index contributed by atoms with van der Waals surface area (Å²) in [5, 5.41) is 25.9. The van der Waals surface area contributed by atoms with Gasteiger partial charge in [0.25, 0.3) is 0 Å². The van der Waals surface area contributed by atoms with Gasteiger partial charge in [0.15, 0.2) is 0 Å². The summed E-state index contributed by atoms with van der Waals surface area (Å²) in [7, 11) is 1.56. The fourth-order valence-corrected chi connectivity index (χ4v) is 3.07. The fraction of sp³-hybridized carbons (Fsp3) is 0.0909. The lowest BCUT2D eigenvalue weighted by molar-refractivity contribution is 0.215. The lowest BCUT2D eigenvalue weighted by Crippen LogP contribution is -2.19. The first-order valence-electron chi connectivity index (χ1n) is 9.19. The Balaban J connectivity index is 1.59. The molecule has 0 aliphatic carbocycles. The predicted octanol–water partition coefficient (Wildman–Crippen LogP) is 3.76. The molecule has 4 rings (SSSR count). The molecule has 1 unspecified atom stereocenters. The van der Waals surface area contributed by atoms with E-state index in [4.69, 9.17) is 4.74 Å². The standard InChI is InChI=1S/C22H19N5O3/c1-30-18-6-2-5-16(10-18)25-22(29)26-17-8-7-14-13-24-27-20(19(14)11-17)21(28)15-4-3-9-23-12-15/h2-13,21,28H,1H3,(H2,25,26,29). The molecule has 8 heteroatoms. The molecule has 2 aromatic heterocycles. The van der Waals surface area contributed by atoms with E-state index in [0.717, 1.165) is 5.39 Å². The van der Waals surface area contributed by atoms with Crippen LogP contribution in [0.2, 0.25) is 0 Å². The maximum absolute atomic E-state index is 12.4. The summed E-state index contributed by atoms with van der Waals surface area (Å²) in [5.74, 6) is 0.645. The van der Waals surface area contributed by atoms with Gasteiger partial charge in [-0.05, 0) is 30.3 Å². The first-order chi connectivity index (χ1) is 14.6. The molecular formula is C22H19N5O3. The number of nitrogens with one attached hydrogen (secondary N) is 2. The third-order valence-electron chi connectivity index (χ3n) is 4.54. The van der Waals surface area contributed by atoms with Gasteiger partial charge in [0, 0.05) is 46.2 Å². The maximum atomic E-state index is 12.4. The van der Waals surface area contributed by atoms with Gasteiger partial charge in [-0.1, -0.05) is 18.2 Å². The van der Waals surface area contributed by atoms with Crippen molar-refractivity contribution in [3.8, 4) is 5.75 Å². The number of fused-ring (bicyclic) bond motifs is 1. The van der Waals surface area contributed by atoms with Crippen LogP contribution >= 0.6 is 0 Å². The van der Waals surface area contributed by atoms with E-state index >= 15 is 0 Å². The minimum Gasteiger partial charge on any atom is -0.497 e. The molecule has 4 aromatic rings. The number of benzene rings is 2. The minimum absolute atomic E-state index is 0.386. The Hall–Kier alpha value is -4.04. The summed E-state index contributed by atoms with van der Waals surface area (Å²) < 4.78 is 5.16. The molecule has 0 fully saturated rings. The van der Waals surface area contributed by atoms with Gasteiger partial charge < -0.3 is 20.5 Å². The SMILES string of the molecule is COc1cccc(NC(=O)Nc2ccc3cnnc(C(O)c4cccnc4)c3c2)c1. The number of pyridine rings is 1. The molecule has 2 heterocycles. The van der Waals surface area contributed by atoms with E-state index in [1.54, 1.807) is 74.2 Å². The number of rotatable bonds is 5. The zero-order chi connectivity index (χ0) is 20.9. The number of hydrogen-bond donors (Lipinski definition) is 3. The van der Waals surface area contributed by atoms with Gasteiger partial charge in [-0.3, -0.25) is 4.98 Å². The Kier molecular flexibility index (Phi) is 5.49. The Morgan fingerprint density at radius 2 is 1.87 bits per heavy atom. The maximum Gasteiger partial charge on any atom is 0.323 e. The van der Waals surface area contributed by atoms with E-state index in [2.05, 4.69) is 25.8 Å². The number of hydrogen-bond acceptors (Lipinski definition) is 6. The number of aliphatic hydroxyl groups is 1. The zero-order valence-electron chi connectivity index (χ0n) is 16.1. The summed E-state index contributed by atoms with van der Waals surface area (Å²) in [6.45, 7) is 0. The molecule has 0 aliphatic rings. The van der Waals surface area contributed by atoms with Crippen molar-refractivity contribution in [1.29, 1.82) is 0 Å². The molecule has 3 N–H and O–H groups in total. The second-order valence-electron chi connectivity index (χ2n) is 6.53. The molecule has 2 amide bonds. The number of amides is 2. The van der Waals surface area contributed by atoms with E-state index in [-0.39, 0.29) is 0 Å². The molecule has 0 aliphatic heterocycles. The third-order valence-corrected chi connectivity index (χ3v) is 4.54.